The molecule has 0 unspecified atom stereocenters. The first-order chi connectivity index (χ1) is 5.61. The van der Waals surface area contributed by atoms with Crippen molar-refractivity contribution in [2.75, 3.05) is 0 Å². The zero-order chi connectivity index (χ0) is 9.14. The minimum absolute atomic E-state index is 0. The third-order valence-electron chi connectivity index (χ3n) is 1.53. The van der Waals surface area contributed by atoms with E-state index < -0.39 is 11.9 Å². The molecule has 0 saturated heterocycles. The average molecular weight is 258 g/mol. The first kappa shape index (κ1) is 12.2. The molecule has 13 heavy (non-hydrogen) atoms. The van der Waals surface area contributed by atoms with Gasteiger partial charge in [0.25, 0.3) is 0 Å². The van der Waals surface area contributed by atoms with Crippen molar-refractivity contribution in [1.29, 1.82) is 0 Å². The van der Waals surface area contributed by atoms with Gasteiger partial charge in [0, 0.05) is 26.2 Å². The number of hydrogen-bond donors (Lipinski definition) is 2. The van der Waals surface area contributed by atoms with Crippen molar-refractivity contribution < 1.29 is 46.0 Å². The summed E-state index contributed by atoms with van der Waals surface area (Å²) in [6.07, 6.45) is 4.15. The van der Waals surface area contributed by atoms with Crippen molar-refractivity contribution in [2.45, 2.75) is 6.42 Å². The number of carboxylic acids is 2. The van der Waals surface area contributed by atoms with Crippen molar-refractivity contribution in [1.82, 2.24) is 0 Å². The first-order valence-electron chi connectivity index (χ1n) is 3.32. The Hall–Kier alpha value is -0.827. The molecule has 0 spiro atoms. The van der Waals surface area contributed by atoms with Gasteiger partial charge in [-0.2, -0.15) is 6.08 Å². The predicted molar refractivity (Wildman–Crippen MR) is 40.4 cm³/mol. The smallest absolute Gasteiger partial charge is 0.317 e. The predicted octanol–water partition coefficient (Wildman–Crippen LogP) is 0.614. The molecule has 5 heteroatoms. The summed E-state index contributed by atoms with van der Waals surface area (Å²) in [6, 6.07) is 0. The number of rotatable bonds is 2. The molecular weight excluding hydrogens is 251 g/mol. The Labute approximate surface area is 94.1 Å². The van der Waals surface area contributed by atoms with Crippen LogP contribution in [0, 0.1) is 5.92 Å². The van der Waals surface area contributed by atoms with E-state index in [1.165, 1.54) is 18.2 Å². The van der Waals surface area contributed by atoms with E-state index in [1.54, 1.807) is 0 Å². The Balaban J connectivity index is 0.00000144. The maximum Gasteiger partial charge on any atom is 0.317 e. The fourth-order valence-corrected chi connectivity index (χ4v) is 0.864. The molecule has 0 atom stereocenters. The molecule has 0 amide bonds. The van der Waals surface area contributed by atoms with E-state index in [2.05, 4.69) is 0 Å². The zero-order valence-electron chi connectivity index (χ0n) is 6.65. The third kappa shape index (κ3) is 3.19. The Kier molecular flexibility index (Phi) is 4.70. The van der Waals surface area contributed by atoms with Crippen LogP contribution in [-0.2, 0) is 35.8 Å². The molecule has 4 nitrogen and oxygen atoms in total. The van der Waals surface area contributed by atoms with Crippen molar-refractivity contribution >= 4 is 11.9 Å². The third-order valence-corrected chi connectivity index (χ3v) is 1.53. The standard InChI is InChI=1S/C8H7O4.Zr/c9-7(10)5-1-2-6(4-3-5)8(11)12;/h1-3H,4H2,(H,9,10)(H,11,12);/q-1;. The summed E-state index contributed by atoms with van der Waals surface area (Å²) in [4.78, 5) is 20.7. The maximum atomic E-state index is 10.4. The van der Waals surface area contributed by atoms with E-state index in [0.29, 0.717) is 0 Å². The summed E-state index contributed by atoms with van der Waals surface area (Å²) in [5.74, 6) is -1.83. The Morgan fingerprint density at radius 3 is 2.31 bits per heavy atom. The molecule has 0 aromatic rings. The van der Waals surface area contributed by atoms with Crippen LogP contribution in [0.25, 0.3) is 0 Å². The molecule has 2 N–H and O–H groups in total. The van der Waals surface area contributed by atoms with Gasteiger partial charge in [-0.15, -0.1) is 12.0 Å². The molecule has 0 radical (unpaired) electrons. The van der Waals surface area contributed by atoms with E-state index >= 15 is 0 Å². The molecule has 0 aromatic heterocycles. The van der Waals surface area contributed by atoms with Crippen LogP contribution in [-0.4, -0.2) is 22.2 Å². The van der Waals surface area contributed by atoms with Gasteiger partial charge in [-0.25, -0.2) is 10.9 Å². The largest absolute Gasteiger partial charge is 0.491 e. The van der Waals surface area contributed by atoms with Gasteiger partial charge < -0.3 is 10.2 Å². The fraction of sp³-hybridized carbons (Fsp3) is 0.125. The SMILES string of the molecule is O=C(O)C1=CC[C-](C(=O)O)C=C1.[Zr]. The van der Waals surface area contributed by atoms with Gasteiger partial charge in [-0.05, 0) is 5.57 Å². The molecule has 0 fully saturated rings. The molecule has 0 bridgehead atoms. The Morgan fingerprint density at radius 2 is 2.00 bits per heavy atom. The van der Waals surface area contributed by atoms with E-state index in [1.807, 2.05) is 0 Å². The van der Waals surface area contributed by atoms with Crippen LogP contribution in [0.4, 0.5) is 0 Å². The fourth-order valence-electron chi connectivity index (χ4n) is 0.864. The van der Waals surface area contributed by atoms with E-state index in [0.717, 1.165) is 0 Å². The molecule has 0 aliphatic heterocycles. The van der Waals surface area contributed by atoms with Crippen LogP contribution in [0.2, 0.25) is 0 Å². The van der Waals surface area contributed by atoms with Crippen molar-refractivity contribution in [2.24, 2.45) is 0 Å². The Bertz CT molecular complexity index is 280. The minimum Gasteiger partial charge on any atom is -0.491 e. The van der Waals surface area contributed by atoms with Crippen LogP contribution in [0.3, 0.4) is 0 Å². The van der Waals surface area contributed by atoms with Crippen LogP contribution >= 0.6 is 0 Å². The van der Waals surface area contributed by atoms with Crippen molar-refractivity contribution in [3.8, 4) is 0 Å². The maximum absolute atomic E-state index is 10.4. The number of aliphatic carboxylic acids is 2. The summed E-state index contributed by atoms with van der Waals surface area (Å²) in [5, 5.41) is 17.0. The number of carboxylic acid groups (broad SMARTS) is 2. The monoisotopic (exact) mass is 257 g/mol. The second kappa shape index (κ2) is 5.02. The van der Waals surface area contributed by atoms with Gasteiger partial charge in [0.15, 0.2) is 0 Å². The van der Waals surface area contributed by atoms with Gasteiger partial charge in [0.05, 0.1) is 0 Å². The molecule has 0 heterocycles. The summed E-state index contributed by atoms with van der Waals surface area (Å²) in [6.45, 7) is 0. The molecule has 1 aliphatic rings. The van der Waals surface area contributed by atoms with E-state index in [-0.39, 0.29) is 44.1 Å². The van der Waals surface area contributed by atoms with Crippen LogP contribution in [0.5, 0.6) is 0 Å². The summed E-state index contributed by atoms with van der Waals surface area (Å²) >= 11 is 0. The second-order valence-corrected chi connectivity index (χ2v) is 2.33. The summed E-state index contributed by atoms with van der Waals surface area (Å²) in [5.41, 5.74) is 0.139. The second-order valence-electron chi connectivity index (χ2n) is 2.33. The van der Waals surface area contributed by atoms with Crippen LogP contribution in [0.1, 0.15) is 6.42 Å². The van der Waals surface area contributed by atoms with Gasteiger partial charge >= 0.3 is 5.97 Å². The van der Waals surface area contributed by atoms with Crippen LogP contribution in [0.15, 0.2) is 23.8 Å². The zero-order valence-corrected chi connectivity index (χ0v) is 9.11. The molecule has 1 aliphatic carbocycles. The molecule has 1 rings (SSSR count). The number of hydrogen-bond acceptors (Lipinski definition) is 2. The molecule has 68 valence electrons. The normalized spacial score (nSPS) is 14.5. The van der Waals surface area contributed by atoms with Crippen molar-refractivity contribution in [3.05, 3.63) is 29.7 Å². The molecule has 0 saturated carbocycles. The minimum atomic E-state index is -1.03. The van der Waals surface area contributed by atoms with Gasteiger partial charge in [0.1, 0.15) is 0 Å². The Morgan fingerprint density at radius 1 is 1.38 bits per heavy atom. The van der Waals surface area contributed by atoms with Gasteiger partial charge in [-0.1, -0.05) is 6.42 Å². The summed E-state index contributed by atoms with van der Waals surface area (Å²) in [7, 11) is 0. The van der Waals surface area contributed by atoms with E-state index in [4.69, 9.17) is 10.2 Å². The molecular formula is C8H7O4Zr-. The van der Waals surface area contributed by atoms with Gasteiger partial charge in [0.2, 0.25) is 5.97 Å². The number of allylic oxidation sites excluding steroid dienone is 1. The summed E-state index contributed by atoms with van der Waals surface area (Å²) < 4.78 is 0. The topological polar surface area (TPSA) is 74.6 Å². The van der Waals surface area contributed by atoms with Gasteiger partial charge in [-0.3, -0.25) is 4.79 Å². The number of carbonyl (C=O) groups is 2. The van der Waals surface area contributed by atoms with Crippen molar-refractivity contribution in [3.63, 3.8) is 0 Å². The van der Waals surface area contributed by atoms with E-state index in [9.17, 15) is 9.59 Å². The molecule has 0 aromatic carbocycles. The van der Waals surface area contributed by atoms with Crippen LogP contribution < -0.4 is 0 Å². The average Bonchev–Trinajstić information content (AvgIpc) is 2.04. The first-order valence-corrected chi connectivity index (χ1v) is 3.32. The quantitative estimate of drug-likeness (QED) is 0.712.